The van der Waals surface area contributed by atoms with Gasteiger partial charge in [-0.15, -0.1) is 0 Å². The third-order valence-corrected chi connectivity index (χ3v) is 8.14. The topological polar surface area (TPSA) is 66.4 Å². The molecule has 0 atom stereocenters. The lowest BCUT2D eigenvalue weighted by Gasteiger charge is -2.26. The molecule has 0 N–H and O–H groups in total. The quantitative estimate of drug-likeness (QED) is 0.525. The average Bonchev–Trinajstić information content (AvgIpc) is 3.08. The molecule has 2 aromatic carbocycles. The van der Waals surface area contributed by atoms with E-state index in [-0.39, 0.29) is 4.90 Å². The van der Waals surface area contributed by atoms with Crippen LogP contribution >= 0.6 is 0 Å². The molecule has 0 saturated carbocycles. The molecule has 2 heterocycles. The predicted octanol–water partition coefficient (Wildman–Crippen LogP) is 4.29. The molecule has 1 aromatic heterocycles. The number of rotatable bonds is 6. The predicted molar refractivity (Wildman–Crippen MR) is 132 cm³/mol. The number of benzene rings is 2. The minimum Gasteiger partial charge on any atom is -0.355 e. The van der Waals surface area contributed by atoms with Gasteiger partial charge in [0.1, 0.15) is 17.5 Å². The molecule has 1 saturated heterocycles. The Balaban J connectivity index is 1.61. The van der Waals surface area contributed by atoms with Gasteiger partial charge in [-0.2, -0.15) is 4.31 Å². The highest BCUT2D eigenvalue weighted by molar-refractivity contribution is 7.89. The van der Waals surface area contributed by atoms with Gasteiger partial charge in [0.05, 0.1) is 4.90 Å². The monoisotopic (exact) mass is 482 g/mol. The van der Waals surface area contributed by atoms with Gasteiger partial charge in [-0.05, 0) is 56.5 Å². The Labute approximate surface area is 201 Å². The van der Waals surface area contributed by atoms with E-state index in [1.807, 2.05) is 6.92 Å². The van der Waals surface area contributed by atoms with Crippen molar-refractivity contribution in [3.63, 3.8) is 0 Å². The summed E-state index contributed by atoms with van der Waals surface area (Å²) in [6.45, 7) is 8.06. The van der Waals surface area contributed by atoms with Gasteiger partial charge in [0.25, 0.3) is 0 Å². The number of hydrogen-bond donors (Lipinski definition) is 0. The first kappa shape index (κ1) is 24.3. The number of nitrogens with zero attached hydrogens (tertiary/aromatic N) is 4. The third kappa shape index (κ3) is 5.28. The lowest BCUT2D eigenvalue weighted by Crippen LogP contribution is -2.35. The highest BCUT2D eigenvalue weighted by atomic mass is 32.2. The summed E-state index contributed by atoms with van der Waals surface area (Å²) in [6, 6.07) is 13.5. The standard InChI is InChI=1S/C26H31FN4O2S/c1-4-25-24(18-21-8-6-19(2)7-9-21)26(29-20(3)28-25)30-14-5-15-31(17-16-30)34(32,33)23-12-10-22(27)11-13-23/h6-13H,4-5,14-18H2,1-3H3. The van der Waals surface area contributed by atoms with Gasteiger partial charge in [0.2, 0.25) is 10.0 Å². The third-order valence-electron chi connectivity index (χ3n) is 6.22. The van der Waals surface area contributed by atoms with Crippen molar-refractivity contribution < 1.29 is 12.8 Å². The van der Waals surface area contributed by atoms with Crippen molar-refractivity contribution in [3.05, 3.63) is 82.6 Å². The fourth-order valence-electron chi connectivity index (χ4n) is 4.38. The maximum absolute atomic E-state index is 13.3. The molecule has 8 heteroatoms. The zero-order chi connectivity index (χ0) is 24.3. The van der Waals surface area contributed by atoms with Crippen LogP contribution in [0.4, 0.5) is 10.2 Å². The first-order chi connectivity index (χ1) is 16.3. The highest BCUT2D eigenvalue weighted by Gasteiger charge is 2.28. The van der Waals surface area contributed by atoms with Crippen molar-refractivity contribution >= 4 is 15.8 Å². The second-order valence-electron chi connectivity index (χ2n) is 8.73. The van der Waals surface area contributed by atoms with Crippen LogP contribution in [0.2, 0.25) is 0 Å². The molecule has 6 nitrogen and oxygen atoms in total. The van der Waals surface area contributed by atoms with Gasteiger partial charge in [-0.25, -0.2) is 22.8 Å². The van der Waals surface area contributed by atoms with E-state index in [0.717, 1.165) is 35.7 Å². The molecule has 0 bridgehead atoms. The summed E-state index contributed by atoms with van der Waals surface area (Å²) in [5.41, 5.74) is 4.55. The molecule has 180 valence electrons. The average molecular weight is 483 g/mol. The highest BCUT2D eigenvalue weighted by Crippen LogP contribution is 2.27. The van der Waals surface area contributed by atoms with Crippen molar-refractivity contribution in [2.45, 2.75) is 44.9 Å². The SMILES string of the molecule is CCc1nc(C)nc(N2CCCN(S(=O)(=O)c3ccc(F)cc3)CC2)c1Cc1ccc(C)cc1. The van der Waals surface area contributed by atoms with E-state index >= 15 is 0 Å². The van der Waals surface area contributed by atoms with Crippen LogP contribution in [0.5, 0.6) is 0 Å². The largest absolute Gasteiger partial charge is 0.355 e. The summed E-state index contributed by atoms with van der Waals surface area (Å²) in [7, 11) is -3.68. The minimum atomic E-state index is -3.68. The molecule has 1 fully saturated rings. The van der Waals surface area contributed by atoms with Gasteiger partial charge in [-0.1, -0.05) is 36.8 Å². The summed E-state index contributed by atoms with van der Waals surface area (Å²) in [5.74, 6) is 1.17. The Bertz CT molecular complexity index is 1250. The lowest BCUT2D eigenvalue weighted by molar-refractivity contribution is 0.433. The van der Waals surface area contributed by atoms with Crippen LogP contribution in [0.15, 0.2) is 53.4 Å². The van der Waals surface area contributed by atoms with Gasteiger partial charge < -0.3 is 4.90 Å². The Morgan fingerprint density at radius 1 is 0.912 bits per heavy atom. The molecule has 34 heavy (non-hydrogen) atoms. The molecule has 0 unspecified atom stereocenters. The molecular formula is C26H31FN4O2S. The van der Waals surface area contributed by atoms with E-state index in [2.05, 4.69) is 43.0 Å². The smallest absolute Gasteiger partial charge is 0.243 e. The van der Waals surface area contributed by atoms with Crippen LogP contribution < -0.4 is 4.90 Å². The lowest BCUT2D eigenvalue weighted by atomic mass is 10.0. The zero-order valence-corrected chi connectivity index (χ0v) is 20.8. The summed E-state index contributed by atoms with van der Waals surface area (Å²) >= 11 is 0. The van der Waals surface area contributed by atoms with E-state index in [9.17, 15) is 12.8 Å². The summed E-state index contributed by atoms with van der Waals surface area (Å²) < 4.78 is 41.1. The summed E-state index contributed by atoms with van der Waals surface area (Å²) in [6.07, 6.45) is 2.21. The van der Waals surface area contributed by atoms with Crippen molar-refractivity contribution in [2.24, 2.45) is 0 Å². The molecule has 0 amide bonds. The van der Waals surface area contributed by atoms with Gasteiger partial charge in [-0.3, -0.25) is 0 Å². The number of aromatic nitrogens is 2. The Morgan fingerprint density at radius 3 is 2.29 bits per heavy atom. The number of aryl methyl sites for hydroxylation is 3. The van der Waals surface area contributed by atoms with Gasteiger partial charge in [0, 0.05) is 43.9 Å². The maximum Gasteiger partial charge on any atom is 0.243 e. The number of anilines is 1. The van der Waals surface area contributed by atoms with Crippen molar-refractivity contribution in [1.29, 1.82) is 0 Å². The normalized spacial score (nSPS) is 15.4. The minimum absolute atomic E-state index is 0.119. The molecule has 1 aliphatic heterocycles. The van der Waals surface area contributed by atoms with Crippen LogP contribution in [0.25, 0.3) is 0 Å². The van der Waals surface area contributed by atoms with E-state index in [1.54, 1.807) is 0 Å². The second-order valence-corrected chi connectivity index (χ2v) is 10.7. The van der Waals surface area contributed by atoms with Crippen LogP contribution in [0.3, 0.4) is 0 Å². The van der Waals surface area contributed by atoms with E-state index in [0.29, 0.717) is 32.6 Å². The fraction of sp³-hybridized carbons (Fsp3) is 0.385. The van der Waals surface area contributed by atoms with Crippen LogP contribution in [0.1, 0.15) is 41.6 Å². The van der Waals surface area contributed by atoms with Crippen molar-refractivity contribution in [2.75, 3.05) is 31.1 Å². The molecule has 0 spiro atoms. The molecule has 0 aliphatic carbocycles. The second kappa shape index (κ2) is 10.2. The van der Waals surface area contributed by atoms with Crippen LogP contribution in [0, 0.1) is 19.7 Å². The number of sulfonamides is 1. The number of halogens is 1. The number of hydrogen-bond acceptors (Lipinski definition) is 5. The fourth-order valence-corrected chi connectivity index (χ4v) is 5.85. The molecule has 3 aromatic rings. The summed E-state index contributed by atoms with van der Waals surface area (Å²) in [5, 5.41) is 0. The van der Waals surface area contributed by atoms with Gasteiger partial charge >= 0.3 is 0 Å². The molecule has 1 aliphatic rings. The van der Waals surface area contributed by atoms with E-state index < -0.39 is 15.8 Å². The van der Waals surface area contributed by atoms with E-state index in [4.69, 9.17) is 9.97 Å². The first-order valence-corrected chi connectivity index (χ1v) is 13.1. The molecule has 4 rings (SSSR count). The van der Waals surface area contributed by atoms with Crippen LogP contribution in [-0.4, -0.2) is 48.9 Å². The summed E-state index contributed by atoms with van der Waals surface area (Å²) in [4.78, 5) is 11.8. The van der Waals surface area contributed by atoms with Crippen molar-refractivity contribution in [3.8, 4) is 0 Å². The Kier molecular flexibility index (Phi) is 7.28. The van der Waals surface area contributed by atoms with Gasteiger partial charge in [0.15, 0.2) is 0 Å². The maximum atomic E-state index is 13.3. The Morgan fingerprint density at radius 2 is 1.62 bits per heavy atom. The first-order valence-electron chi connectivity index (χ1n) is 11.7. The van der Waals surface area contributed by atoms with Crippen molar-refractivity contribution in [1.82, 2.24) is 14.3 Å². The van der Waals surface area contributed by atoms with E-state index in [1.165, 1.54) is 39.7 Å². The molecular weight excluding hydrogens is 451 g/mol. The molecule has 0 radical (unpaired) electrons. The van der Waals surface area contributed by atoms with Crippen LogP contribution in [-0.2, 0) is 22.9 Å². The zero-order valence-electron chi connectivity index (χ0n) is 20.0. The Hall–Kier alpha value is -2.84.